The van der Waals surface area contributed by atoms with Crippen LogP contribution in [-0.4, -0.2) is 37.9 Å². The molecule has 0 saturated carbocycles. The Morgan fingerprint density at radius 1 is 1.14 bits per heavy atom. The summed E-state index contributed by atoms with van der Waals surface area (Å²) in [5, 5.41) is 17.3. The number of hydrogen-bond acceptors (Lipinski definition) is 4. The molecular weight excluding hydrogens is 493 g/mol. The Morgan fingerprint density at radius 3 is 2.46 bits per heavy atom. The molecule has 2 aromatic carbocycles. The fraction of sp³-hybridized carbons (Fsp3) is 0.350. The highest BCUT2D eigenvalue weighted by atomic mass is 127. The molecule has 0 spiro atoms. The summed E-state index contributed by atoms with van der Waals surface area (Å²) in [7, 11) is 1.60. The van der Waals surface area contributed by atoms with E-state index in [0.29, 0.717) is 35.6 Å². The van der Waals surface area contributed by atoms with Gasteiger partial charge in [0.15, 0.2) is 17.5 Å². The predicted molar refractivity (Wildman–Crippen MR) is 126 cm³/mol. The highest BCUT2D eigenvalue weighted by molar-refractivity contribution is 14.0. The molecule has 0 heterocycles. The van der Waals surface area contributed by atoms with Crippen LogP contribution >= 0.6 is 35.6 Å². The Bertz CT molecular complexity index is 757. The molecule has 154 valence electrons. The molecule has 3 N–H and O–H groups in total. The number of anilines is 1. The third kappa shape index (κ3) is 7.37. The average molecular weight is 520 g/mol. The van der Waals surface area contributed by atoms with Crippen molar-refractivity contribution >= 4 is 47.2 Å². The number of nitrogens with zero attached hydrogens (tertiary/aromatic N) is 1. The molecule has 0 aliphatic carbocycles. The minimum atomic E-state index is -0.715. The quantitative estimate of drug-likeness (QED) is 0.272. The van der Waals surface area contributed by atoms with E-state index in [1.165, 1.54) is 0 Å². The van der Waals surface area contributed by atoms with E-state index < -0.39 is 6.10 Å². The summed E-state index contributed by atoms with van der Waals surface area (Å²) in [5.74, 6) is 1.89. The zero-order valence-corrected chi connectivity index (χ0v) is 19.3. The summed E-state index contributed by atoms with van der Waals surface area (Å²) in [6, 6.07) is 12.7. The lowest BCUT2D eigenvalue weighted by Gasteiger charge is -2.15. The molecule has 2 rings (SSSR count). The van der Waals surface area contributed by atoms with Gasteiger partial charge in [0.2, 0.25) is 0 Å². The second-order valence-electron chi connectivity index (χ2n) is 5.71. The average Bonchev–Trinajstić information content (AvgIpc) is 2.68. The van der Waals surface area contributed by atoms with Crippen LogP contribution in [0.4, 0.5) is 5.69 Å². The van der Waals surface area contributed by atoms with Crippen LogP contribution in [0.2, 0.25) is 5.02 Å². The van der Waals surface area contributed by atoms with Gasteiger partial charge in [0.25, 0.3) is 0 Å². The van der Waals surface area contributed by atoms with Gasteiger partial charge in [0, 0.05) is 23.3 Å². The minimum absolute atomic E-state index is 0. The molecule has 8 heteroatoms. The third-order valence-corrected chi connectivity index (χ3v) is 4.00. The SMILES string of the molecule is CCNC(=NCC(O)c1ccc(Cl)cc1)Nc1ccc(OCC)c(OC)c1.I. The first kappa shape index (κ1) is 24.3. The van der Waals surface area contributed by atoms with E-state index in [1.807, 2.05) is 32.0 Å². The summed E-state index contributed by atoms with van der Waals surface area (Å²) in [5.41, 5.74) is 1.57. The smallest absolute Gasteiger partial charge is 0.195 e. The Hall–Kier alpha value is -1.71. The van der Waals surface area contributed by atoms with Crippen molar-refractivity contribution < 1.29 is 14.6 Å². The number of halogens is 2. The van der Waals surface area contributed by atoms with Crippen LogP contribution in [0, 0.1) is 0 Å². The first-order chi connectivity index (χ1) is 13.1. The fourth-order valence-electron chi connectivity index (χ4n) is 2.43. The van der Waals surface area contributed by atoms with Gasteiger partial charge < -0.3 is 25.2 Å². The number of rotatable bonds is 8. The zero-order valence-electron chi connectivity index (χ0n) is 16.2. The molecule has 28 heavy (non-hydrogen) atoms. The summed E-state index contributed by atoms with van der Waals surface area (Å²) >= 11 is 5.88. The highest BCUT2D eigenvalue weighted by Crippen LogP contribution is 2.30. The molecule has 0 saturated heterocycles. The molecule has 2 aromatic rings. The van der Waals surface area contributed by atoms with E-state index in [4.69, 9.17) is 21.1 Å². The van der Waals surface area contributed by atoms with Gasteiger partial charge in [-0.15, -0.1) is 24.0 Å². The second kappa shape index (κ2) is 12.7. The van der Waals surface area contributed by atoms with Crippen molar-refractivity contribution in [3.05, 3.63) is 53.1 Å². The number of guanidine groups is 1. The van der Waals surface area contributed by atoms with Crippen LogP contribution in [0.1, 0.15) is 25.5 Å². The molecule has 0 aliphatic heterocycles. The lowest BCUT2D eigenvalue weighted by Crippen LogP contribution is -2.31. The van der Waals surface area contributed by atoms with E-state index >= 15 is 0 Å². The van der Waals surface area contributed by atoms with Crippen molar-refractivity contribution in [2.45, 2.75) is 20.0 Å². The van der Waals surface area contributed by atoms with Gasteiger partial charge in [-0.25, -0.2) is 4.99 Å². The van der Waals surface area contributed by atoms with Crippen molar-refractivity contribution in [1.82, 2.24) is 5.32 Å². The number of methoxy groups -OCH3 is 1. The van der Waals surface area contributed by atoms with Crippen LogP contribution in [-0.2, 0) is 0 Å². The zero-order chi connectivity index (χ0) is 19.6. The third-order valence-electron chi connectivity index (χ3n) is 3.75. The van der Waals surface area contributed by atoms with Gasteiger partial charge in [-0.05, 0) is 43.7 Å². The van der Waals surface area contributed by atoms with Crippen molar-refractivity contribution in [3.8, 4) is 11.5 Å². The monoisotopic (exact) mass is 519 g/mol. The number of benzene rings is 2. The minimum Gasteiger partial charge on any atom is -0.493 e. The maximum Gasteiger partial charge on any atom is 0.195 e. The van der Waals surface area contributed by atoms with Gasteiger partial charge >= 0.3 is 0 Å². The van der Waals surface area contributed by atoms with Crippen molar-refractivity contribution in [2.24, 2.45) is 4.99 Å². The largest absolute Gasteiger partial charge is 0.493 e. The molecule has 1 atom stereocenters. The van der Waals surface area contributed by atoms with E-state index in [9.17, 15) is 5.11 Å². The topological polar surface area (TPSA) is 75.1 Å². The lowest BCUT2D eigenvalue weighted by molar-refractivity contribution is 0.187. The van der Waals surface area contributed by atoms with Crippen LogP contribution in [0.15, 0.2) is 47.5 Å². The number of aliphatic hydroxyl groups is 1. The molecule has 0 amide bonds. The summed E-state index contributed by atoms with van der Waals surface area (Å²) in [6.07, 6.45) is -0.715. The Balaban J connectivity index is 0.00000392. The molecule has 0 radical (unpaired) electrons. The van der Waals surface area contributed by atoms with Crippen LogP contribution in [0.5, 0.6) is 11.5 Å². The molecule has 6 nitrogen and oxygen atoms in total. The number of hydrogen-bond donors (Lipinski definition) is 3. The van der Waals surface area contributed by atoms with Gasteiger partial charge in [0.1, 0.15) is 0 Å². The highest BCUT2D eigenvalue weighted by Gasteiger charge is 2.09. The lowest BCUT2D eigenvalue weighted by atomic mass is 10.1. The van der Waals surface area contributed by atoms with Crippen molar-refractivity contribution in [3.63, 3.8) is 0 Å². The van der Waals surface area contributed by atoms with E-state index in [-0.39, 0.29) is 30.5 Å². The van der Waals surface area contributed by atoms with E-state index in [1.54, 1.807) is 31.4 Å². The predicted octanol–water partition coefficient (Wildman–Crippen LogP) is 4.48. The number of nitrogens with one attached hydrogen (secondary N) is 2. The normalized spacial score (nSPS) is 12.0. The maximum absolute atomic E-state index is 10.3. The number of aliphatic imine (C=N–C) groups is 1. The molecular formula is C20H27ClIN3O3. The first-order valence-corrected chi connectivity index (χ1v) is 9.24. The van der Waals surface area contributed by atoms with Gasteiger partial charge in [-0.3, -0.25) is 0 Å². The molecule has 1 unspecified atom stereocenters. The van der Waals surface area contributed by atoms with E-state index in [2.05, 4.69) is 15.6 Å². The summed E-state index contributed by atoms with van der Waals surface area (Å²) in [6.45, 7) is 5.37. The Morgan fingerprint density at radius 2 is 1.86 bits per heavy atom. The van der Waals surface area contributed by atoms with Crippen LogP contribution in [0.3, 0.4) is 0 Å². The second-order valence-corrected chi connectivity index (χ2v) is 6.15. The van der Waals surface area contributed by atoms with Gasteiger partial charge in [-0.1, -0.05) is 23.7 Å². The molecule has 0 fully saturated rings. The van der Waals surface area contributed by atoms with Gasteiger partial charge in [-0.2, -0.15) is 0 Å². The van der Waals surface area contributed by atoms with Crippen LogP contribution < -0.4 is 20.1 Å². The summed E-state index contributed by atoms with van der Waals surface area (Å²) in [4.78, 5) is 4.46. The first-order valence-electron chi connectivity index (χ1n) is 8.87. The Labute approximate surface area is 188 Å². The van der Waals surface area contributed by atoms with E-state index in [0.717, 1.165) is 11.3 Å². The number of ether oxygens (including phenoxy) is 2. The standard InChI is InChI=1S/C20H26ClN3O3.HI/c1-4-22-20(23-13-17(25)14-6-8-15(21)9-7-14)24-16-10-11-18(27-5-2)19(12-16)26-3;/h6-12,17,25H,4-5,13H2,1-3H3,(H2,22,23,24);1H. The number of aliphatic hydroxyl groups excluding tert-OH is 1. The molecule has 0 aromatic heterocycles. The summed E-state index contributed by atoms with van der Waals surface area (Å²) < 4.78 is 10.9. The van der Waals surface area contributed by atoms with Crippen molar-refractivity contribution in [1.29, 1.82) is 0 Å². The van der Waals surface area contributed by atoms with Gasteiger partial charge in [0.05, 0.1) is 26.4 Å². The van der Waals surface area contributed by atoms with Crippen LogP contribution in [0.25, 0.3) is 0 Å². The van der Waals surface area contributed by atoms with Crippen molar-refractivity contribution in [2.75, 3.05) is 32.1 Å². The maximum atomic E-state index is 10.3. The molecule has 0 aliphatic rings. The molecule has 0 bridgehead atoms. The fourth-order valence-corrected chi connectivity index (χ4v) is 2.56. The Kier molecular flexibility index (Phi) is 11.0.